The molecule has 12 heteroatoms. The molecule has 0 aromatic carbocycles. The van der Waals surface area contributed by atoms with Gasteiger partial charge in [-0.25, -0.2) is 14.3 Å². The molecule has 1 saturated heterocycles. The van der Waals surface area contributed by atoms with Crippen molar-refractivity contribution in [1.82, 2.24) is 19.9 Å². The quantitative estimate of drug-likeness (QED) is 0.523. The Balaban J connectivity index is 2.24. The van der Waals surface area contributed by atoms with Gasteiger partial charge in [-0.05, 0) is 20.8 Å². The Morgan fingerprint density at radius 1 is 1.27 bits per heavy atom. The first-order valence-electron chi connectivity index (χ1n) is 7.76. The van der Waals surface area contributed by atoms with Crippen LogP contribution >= 0.6 is 0 Å². The smallest absolute Gasteiger partial charge is 0.410 e. The van der Waals surface area contributed by atoms with E-state index in [2.05, 4.69) is 15.0 Å². The first-order valence-corrected chi connectivity index (χ1v) is 9.57. The van der Waals surface area contributed by atoms with Crippen molar-refractivity contribution in [3.05, 3.63) is 11.9 Å². The second-order valence-electron chi connectivity index (χ2n) is 6.87. The van der Waals surface area contributed by atoms with Crippen LogP contribution in [0.15, 0.2) is 6.20 Å². The molecule has 0 radical (unpaired) electrons. The van der Waals surface area contributed by atoms with Gasteiger partial charge in [0.2, 0.25) is 0 Å². The second-order valence-corrected chi connectivity index (χ2v) is 8.47. The number of aromatic nitrogens is 3. The predicted molar refractivity (Wildman–Crippen MR) is 87.9 cm³/mol. The lowest BCUT2D eigenvalue weighted by Crippen LogP contribution is -2.36. The zero-order chi connectivity index (χ0) is 19.7. The molecule has 0 aliphatic carbocycles. The summed E-state index contributed by atoms with van der Waals surface area (Å²) < 4.78 is 39.4. The van der Waals surface area contributed by atoms with E-state index in [1.807, 2.05) is 0 Å². The van der Waals surface area contributed by atoms with Gasteiger partial charge in [-0.2, -0.15) is 8.42 Å². The van der Waals surface area contributed by atoms with Gasteiger partial charge in [-0.15, -0.1) is 5.10 Å². The third-order valence-corrected chi connectivity index (χ3v) is 4.03. The average molecular weight is 390 g/mol. The summed E-state index contributed by atoms with van der Waals surface area (Å²) in [4.78, 5) is 25.1. The monoisotopic (exact) mass is 390 g/mol. The number of carbonyl (C=O) groups excluding carboxylic acids is 2. The zero-order valence-electron chi connectivity index (χ0n) is 15.2. The van der Waals surface area contributed by atoms with Gasteiger partial charge < -0.3 is 14.4 Å². The molecule has 0 N–H and O–H groups in total. The van der Waals surface area contributed by atoms with Crippen molar-refractivity contribution >= 4 is 22.2 Å². The molecule has 2 atom stereocenters. The van der Waals surface area contributed by atoms with E-state index in [1.54, 1.807) is 20.8 Å². The number of amides is 1. The summed E-state index contributed by atoms with van der Waals surface area (Å²) in [6, 6.07) is -0.664. The topological polar surface area (TPSA) is 130 Å². The van der Waals surface area contributed by atoms with Crippen LogP contribution in [0, 0.1) is 0 Å². The molecule has 1 aromatic rings. The van der Waals surface area contributed by atoms with Crippen LogP contribution in [0.4, 0.5) is 4.79 Å². The largest absolute Gasteiger partial charge is 0.464 e. The normalized spacial score (nSPS) is 20.9. The number of hydrogen-bond donors (Lipinski definition) is 0. The van der Waals surface area contributed by atoms with E-state index in [9.17, 15) is 18.0 Å². The van der Waals surface area contributed by atoms with Crippen LogP contribution in [0.1, 0.15) is 37.3 Å². The fraction of sp³-hybridized carbons (Fsp3) is 0.714. The van der Waals surface area contributed by atoms with Crippen molar-refractivity contribution in [3.8, 4) is 0 Å². The minimum absolute atomic E-state index is 0.0138. The highest BCUT2D eigenvalue weighted by Gasteiger charge is 2.41. The van der Waals surface area contributed by atoms with Crippen LogP contribution in [-0.4, -0.2) is 78.5 Å². The van der Waals surface area contributed by atoms with E-state index in [-0.39, 0.29) is 18.8 Å². The molecule has 0 unspecified atom stereocenters. The van der Waals surface area contributed by atoms with Crippen molar-refractivity contribution in [2.75, 3.05) is 26.5 Å². The van der Waals surface area contributed by atoms with Gasteiger partial charge in [0.05, 0.1) is 26.1 Å². The van der Waals surface area contributed by atoms with Crippen LogP contribution in [0.3, 0.4) is 0 Å². The van der Waals surface area contributed by atoms with Gasteiger partial charge in [-0.1, -0.05) is 5.21 Å². The third kappa shape index (κ3) is 5.14. The van der Waals surface area contributed by atoms with Crippen LogP contribution in [0.2, 0.25) is 0 Å². The molecule has 1 fully saturated rings. The Hall–Kier alpha value is -2.21. The molecule has 0 saturated carbocycles. The Morgan fingerprint density at radius 3 is 2.46 bits per heavy atom. The van der Waals surface area contributed by atoms with Crippen LogP contribution in [0.5, 0.6) is 0 Å². The maximum atomic E-state index is 12.3. The Bertz CT molecular complexity index is 783. The van der Waals surface area contributed by atoms with E-state index in [0.29, 0.717) is 0 Å². The van der Waals surface area contributed by atoms with Crippen molar-refractivity contribution in [3.63, 3.8) is 0 Å². The average Bonchev–Trinajstić information content (AvgIpc) is 3.09. The fourth-order valence-corrected chi connectivity index (χ4v) is 3.08. The van der Waals surface area contributed by atoms with Crippen LogP contribution in [0.25, 0.3) is 0 Å². The van der Waals surface area contributed by atoms with E-state index >= 15 is 0 Å². The number of rotatable bonds is 4. The first-order chi connectivity index (χ1) is 11.9. The minimum atomic E-state index is -3.78. The van der Waals surface area contributed by atoms with Gasteiger partial charge in [-0.3, -0.25) is 4.18 Å². The molecule has 11 nitrogen and oxygen atoms in total. The summed E-state index contributed by atoms with van der Waals surface area (Å²) in [6.45, 7) is 5.24. The SMILES string of the molecule is COC(=O)c1cn([C@@H]2CN(C(=O)OC(C)(C)C)C[C@H]2OS(C)(=O)=O)nn1. The number of carbonyl (C=O) groups is 2. The van der Waals surface area contributed by atoms with Crippen molar-refractivity contribution < 1.29 is 31.7 Å². The fourth-order valence-electron chi connectivity index (χ4n) is 2.44. The number of methoxy groups -OCH3 is 1. The molecule has 26 heavy (non-hydrogen) atoms. The number of esters is 1. The Kier molecular flexibility index (Phi) is 5.56. The van der Waals surface area contributed by atoms with Crippen LogP contribution < -0.4 is 0 Å². The zero-order valence-corrected chi connectivity index (χ0v) is 16.0. The summed E-state index contributed by atoms with van der Waals surface area (Å²) in [5, 5.41) is 7.52. The minimum Gasteiger partial charge on any atom is -0.464 e. The van der Waals surface area contributed by atoms with Gasteiger partial charge >= 0.3 is 12.1 Å². The highest BCUT2D eigenvalue weighted by molar-refractivity contribution is 7.86. The van der Waals surface area contributed by atoms with E-state index in [0.717, 1.165) is 6.26 Å². The Morgan fingerprint density at radius 2 is 1.92 bits per heavy atom. The highest BCUT2D eigenvalue weighted by atomic mass is 32.2. The molecule has 1 amide bonds. The lowest BCUT2D eigenvalue weighted by molar-refractivity contribution is 0.0275. The van der Waals surface area contributed by atoms with E-state index < -0.39 is 39.9 Å². The molecular weight excluding hydrogens is 368 g/mol. The predicted octanol–water partition coefficient (Wildman–Crippen LogP) is 0.201. The van der Waals surface area contributed by atoms with Gasteiger partial charge in [0.15, 0.2) is 5.69 Å². The van der Waals surface area contributed by atoms with Crippen LogP contribution in [-0.2, 0) is 23.8 Å². The van der Waals surface area contributed by atoms with E-state index in [4.69, 9.17) is 8.92 Å². The molecule has 1 aromatic heterocycles. The second kappa shape index (κ2) is 7.19. The number of likely N-dealkylation sites (tertiary alicyclic amines) is 1. The lowest BCUT2D eigenvalue weighted by Gasteiger charge is -2.24. The molecular formula is C14H22N4O7S. The molecule has 1 aliphatic heterocycles. The maximum absolute atomic E-state index is 12.3. The number of nitrogens with zero attached hydrogens (tertiary/aromatic N) is 4. The van der Waals surface area contributed by atoms with E-state index in [1.165, 1.54) is 22.9 Å². The number of hydrogen-bond acceptors (Lipinski definition) is 9. The summed E-state index contributed by atoms with van der Waals surface area (Å²) in [5.74, 6) is -0.682. The molecule has 0 spiro atoms. The summed E-state index contributed by atoms with van der Waals surface area (Å²) >= 11 is 0. The first kappa shape index (κ1) is 20.1. The van der Waals surface area contributed by atoms with Gasteiger partial charge in [0, 0.05) is 6.54 Å². The van der Waals surface area contributed by atoms with Crippen molar-refractivity contribution in [2.45, 2.75) is 38.5 Å². The Labute approximate surface area is 151 Å². The van der Waals surface area contributed by atoms with Gasteiger partial charge in [0.1, 0.15) is 17.7 Å². The summed E-state index contributed by atoms with van der Waals surface area (Å²) in [7, 11) is -2.57. The summed E-state index contributed by atoms with van der Waals surface area (Å²) in [5.41, 5.74) is -0.741. The molecule has 1 aliphatic rings. The molecule has 2 heterocycles. The summed E-state index contributed by atoms with van der Waals surface area (Å²) in [6.07, 6.45) is 0.731. The molecule has 0 bridgehead atoms. The maximum Gasteiger partial charge on any atom is 0.410 e. The number of ether oxygens (including phenoxy) is 2. The van der Waals surface area contributed by atoms with Crippen molar-refractivity contribution in [2.24, 2.45) is 0 Å². The highest BCUT2D eigenvalue weighted by Crippen LogP contribution is 2.27. The van der Waals surface area contributed by atoms with Crippen molar-refractivity contribution in [1.29, 1.82) is 0 Å². The third-order valence-electron chi connectivity index (χ3n) is 3.43. The molecule has 2 rings (SSSR count). The van der Waals surface area contributed by atoms with Gasteiger partial charge in [0.25, 0.3) is 10.1 Å². The standard InChI is InChI=1S/C14H22N4O7S/c1-14(2,3)24-13(20)17-7-10(11(8-17)25-26(5,21)22)18-6-9(15-16-18)12(19)23-4/h6,10-11H,7-8H2,1-5H3/t10-,11-/m1/s1. The lowest BCUT2D eigenvalue weighted by atomic mass is 10.2. The molecule has 146 valence electrons.